The number of hydrogen-bond donors (Lipinski definition) is 1. The van der Waals surface area contributed by atoms with Gasteiger partial charge in [0.25, 0.3) is 0 Å². The molecule has 0 spiro atoms. The Morgan fingerprint density at radius 1 is 1.07 bits per heavy atom. The first kappa shape index (κ1) is 12.0. The van der Waals surface area contributed by atoms with Crippen LogP contribution in [0.4, 0.5) is 0 Å². The van der Waals surface area contributed by atoms with Crippen molar-refractivity contribution in [2.45, 2.75) is 57.9 Å². The van der Waals surface area contributed by atoms with Gasteiger partial charge in [-0.2, -0.15) is 0 Å². The lowest BCUT2D eigenvalue weighted by Crippen LogP contribution is -2.35. The van der Waals surface area contributed by atoms with E-state index in [1.54, 1.807) is 0 Å². The number of unbranched alkanes of at least 4 members (excludes halogenated alkanes) is 4. The molecule has 2 heteroatoms. The number of nitrogens with one attached hydrogen (secondary N) is 1. The van der Waals surface area contributed by atoms with Crippen molar-refractivity contribution in [2.75, 3.05) is 19.8 Å². The summed E-state index contributed by atoms with van der Waals surface area (Å²) in [5.74, 6) is 0. The Balaban J connectivity index is 1.82. The standard InChI is InChI=1S/C12H25NO/c1-2-3-4-5-6-9-13-12-7-10-14-11-8-12/h12-13H,2-11H2,1H3. The maximum Gasteiger partial charge on any atom is 0.0480 e. The highest BCUT2D eigenvalue weighted by molar-refractivity contribution is 4.69. The van der Waals surface area contributed by atoms with Crippen LogP contribution >= 0.6 is 0 Å². The molecule has 0 bridgehead atoms. The molecule has 84 valence electrons. The second kappa shape index (κ2) is 8.25. The van der Waals surface area contributed by atoms with Crippen LogP contribution in [0.15, 0.2) is 0 Å². The molecule has 0 aromatic rings. The molecule has 0 aromatic carbocycles. The Bertz CT molecular complexity index is 121. The van der Waals surface area contributed by atoms with Crippen LogP contribution in [-0.4, -0.2) is 25.8 Å². The largest absolute Gasteiger partial charge is 0.381 e. The summed E-state index contributed by atoms with van der Waals surface area (Å²) in [5.41, 5.74) is 0. The lowest BCUT2D eigenvalue weighted by molar-refractivity contribution is 0.0780. The normalized spacial score (nSPS) is 18.6. The molecule has 0 unspecified atom stereocenters. The molecule has 0 aliphatic carbocycles. The summed E-state index contributed by atoms with van der Waals surface area (Å²) in [5, 5.41) is 3.62. The molecule has 0 aromatic heterocycles. The van der Waals surface area contributed by atoms with Gasteiger partial charge in [0.1, 0.15) is 0 Å². The van der Waals surface area contributed by atoms with Gasteiger partial charge in [0.2, 0.25) is 0 Å². The zero-order valence-corrected chi connectivity index (χ0v) is 9.56. The lowest BCUT2D eigenvalue weighted by atomic mass is 10.1. The van der Waals surface area contributed by atoms with Crippen molar-refractivity contribution in [3.63, 3.8) is 0 Å². The first-order valence-corrected chi connectivity index (χ1v) is 6.24. The molecule has 2 nitrogen and oxygen atoms in total. The fourth-order valence-corrected chi connectivity index (χ4v) is 1.94. The Labute approximate surface area is 88.4 Å². The number of ether oxygens (including phenoxy) is 1. The van der Waals surface area contributed by atoms with Crippen molar-refractivity contribution >= 4 is 0 Å². The van der Waals surface area contributed by atoms with Crippen LogP contribution in [0.5, 0.6) is 0 Å². The van der Waals surface area contributed by atoms with Gasteiger partial charge >= 0.3 is 0 Å². The summed E-state index contributed by atoms with van der Waals surface area (Å²) in [4.78, 5) is 0. The maximum atomic E-state index is 5.32. The summed E-state index contributed by atoms with van der Waals surface area (Å²) >= 11 is 0. The summed E-state index contributed by atoms with van der Waals surface area (Å²) in [7, 11) is 0. The van der Waals surface area contributed by atoms with Gasteiger partial charge in [-0.15, -0.1) is 0 Å². The average molecular weight is 199 g/mol. The van der Waals surface area contributed by atoms with E-state index in [0.29, 0.717) is 0 Å². The third-order valence-corrected chi connectivity index (χ3v) is 2.93. The zero-order valence-electron chi connectivity index (χ0n) is 9.56. The van der Waals surface area contributed by atoms with Crippen LogP contribution in [0.2, 0.25) is 0 Å². The molecule has 14 heavy (non-hydrogen) atoms. The predicted molar refractivity (Wildman–Crippen MR) is 60.6 cm³/mol. The molecule has 1 saturated heterocycles. The lowest BCUT2D eigenvalue weighted by Gasteiger charge is -2.23. The van der Waals surface area contributed by atoms with Gasteiger partial charge in [0, 0.05) is 19.3 Å². The van der Waals surface area contributed by atoms with Crippen molar-refractivity contribution in [1.82, 2.24) is 5.32 Å². The molecule has 0 atom stereocenters. The van der Waals surface area contributed by atoms with Crippen LogP contribution in [-0.2, 0) is 4.74 Å². The first-order valence-electron chi connectivity index (χ1n) is 6.24. The molecule has 1 aliphatic heterocycles. The van der Waals surface area contributed by atoms with Gasteiger partial charge in [-0.3, -0.25) is 0 Å². The number of rotatable bonds is 7. The van der Waals surface area contributed by atoms with Gasteiger partial charge < -0.3 is 10.1 Å². The zero-order chi connectivity index (χ0) is 10.1. The highest BCUT2D eigenvalue weighted by atomic mass is 16.5. The maximum absolute atomic E-state index is 5.32. The van der Waals surface area contributed by atoms with Gasteiger partial charge in [-0.1, -0.05) is 32.6 Å². The molecule has 0 amide bonds. The van der Waals surface area contributed by atoms with Crippen molar-refractivity contribution < 1.29 is 4.74 Å². The highest BCUT2D eigenvalue weighted by Crippen LogP contribution is 2.07. The minimum Gasteiger partial charge on any atom is -0.381 e. The first-order chi connectivity index (χ1) is 6.93. The molecule has 1 aliphatic rings. The summed E-state index contributed by atoms with van der Waals surface area (Å²) in [6.07, 6.45) is 9.29. The van der Waals surface area contributed by atoms with Crippen molar-refractivity contribution in [1.29, 1.82) is 0 Å². The van der Waals surface area contributed by atoms with Crippen LogP contribution in [0, 0.1) is 0 Å². The number of hydrogen-bond acceptors (Lipinski definition) is 2. The molecule has 0 radical (unpaired) electrons. The van der Waals surface area contributed by atoms with E-state index in [-0.39, 0.29) is 0 Å². The molecule has 1 fully saturated rings. The van der Waals surface area contributed by atoms with Crippen LogP contribution < -0.4 is 5.32 Å². The van der Waals surface area contributed by atoms with E-state index in [9.17, 15) is 0 Å². The fraction of sp³-hybridized carbons (Fsp3) is 1.00. The SMILES string of the molecule is CCCCCCCNC1CCOCC1. The third kappa shape index (κ3) is 5.61. The van der Waals surface area contributed by atoms with E-state index in [1.807, 2.05) is 0 Å². The van der Waals surface area contributed by atoms with Crippen LogP contribution in [0.25, 0.3) is 0 Å². The Hall–Kier alpha value is -0.0800. The van der Waals surface area contributed by atoms with Gasteiger partial charge in [0.15, 0.2) is 0 Å². The minimum absolute atomic E-state index is 0.731. The van der Waals surface area contributed by atoms with Crippen molar-refractivity contribution in [2.24, 2.45) is 0 Å². The van der Waals surface area contributed by atoms with Crippen LogP contribution in [0.3, 0.4) is 0 Å². The van der Waals surface area contributed by atoms with E-state index in [1.165, 1.54) is 51.5 Å². The Morgan fingerprint density at radius 3 is 2.50 bits per heavy atom. The molecule has 1 heterocycles. The summed E-state index contributed by atoms with van der Waals surface area (Å²) in [6, 6.07) is 0.731. The Morgan fingerprint density at radius 2 is 1.79 bits per heavy atom. The van der Waals surface area contributed by atoms with Gasteiger partial charge in [-0.05, 0) is 25.8 Å². The molecule has 1 rings (SSSR count). The minimum atomic E-state index is 0.731. The van der Waals surface area contributed by atoms with Crippen molar-refractivity contribution in [3.05, 3.63) is 0 Å². The Kier molecular flexibility index (Phi) is 7.06. The van der Waals surface area contributed by atoms with Crippen molar-refractivity contribution in [3.8, 4) is 0 Å². The second-order valence-electron chi connectivity index (χ2n) is 4.25. The molecular weight excluding hydrogens is 174 g/mol. The van der Waals surface area contributed by atoms with Gasteiger partial charge in [-0.25, -0.2) is 0 Å². The fourth-order valence-electron chi connectivity index (χ4n) is 1.94. The van der Waals surface area contributed by atoms with E-state index in [4.69, 9.17) is 4.74 Å². The predicted octanol–water partition coefficient (Wildman–Crippen LogP) is 2.73. The van der Waals surface area contributed by atoms with Crippen LogP contribution in [0.1, 0.15) is 51.9 Å². The van der Waals surface area contributed by atoms with Gasteiger partial charge in [0.05, 0.1) is 0 Å². The van der Waals surface area contributed by atoms with E-state index in [0.717, 1.165) is 19.3 Å². The smallest absolute Gasteiger partial charge is 0.0480 e. The monoisotopic (exact) mass is 199 g/mol. The molecular formula is C12H25NO. The average Bonchev–Trinajstić information content (AvgIpc) is 2.25. The molecule has 1 N–H and O–H groups in total. The third-order valence-electron chi connectivity index (χ3n) is 2.93. The second-order valence-corrected chi connectivity index (χ2v) is 4.25. The van der Waals surface area contributed by atoms with E-state index < -0.39 is 0 Å². The molecule has 0 saturated carbocycles. The highest BCUT2D eigenvalue weighted by Gasteiger charge is 2.11. The summed E-state index contributed by atoms with van der Waals surface area (Å²) < 4.78 is 5.32. The topological polar surface area (TPSA) is 21.3 Å². The summed E-state index contributed by atoms with van der Waals surface area (Å²) in [6.45, 7) is 5.37. The van der Waals surface area contributed by atoms with E-state index >= 15 is 0 Å². The quantitative estimate of drug-likeness (QED) is 0.637. The van der Waals surface area contributed by atoms with E-state index in [2.05, 4.69) is 12.2 Å².